The lowest BCUT2D eigenvalue weighted by atomic mass is 9.87. The van der Waals surface area contributed by atoms with E-state index in [4.69, 9.17) is 0 Å². The number of benzene rings is 1. The molecule has 0 spiro atoms. The molecule has 24 heavy (non-hydrogen) atoms. The van der Waals surface area contributed by atoms with Crippen LogP contribution in [0.3, 0.4) is 0 Å². The molecule has 2 aliphatic heterocycles. The number of likely N-dealkylation sites (N-methyl/N-ethyl adjacent to an activating group) is 1. The van der Waals surface area contributed by atoms with Gasteiger partial charge in [0.15, 0.2) is 0 Å². The first-order chi connectivity index (χ1) is 11.7. The summed E-state index contributed by atoms with van der Waals surface area (Å²) in [6, 6.07) is 11.8. The number of rotatable bonds is 2. The Balaban J connectivity index is 1.65. The lowest BCUT2D eigenvalue weighted by molar-refractivity contribution is -0.134. The predicted octanol–water partition coefficient (Wildman–Crippen LogP) is 3.51. The van der Waals surface area contributed by atoms with E-state index >= 15 is 0 Å². The van der Waals surface area contributed by atoms with Crippen LogP contribution >= 0.6 is 0 Å². The first-order valence-electron chi connectivity index (χ1n) is 9.72. The first-order valence-corrected chi connectivity index (χ1v) is 9.72. The third-order valence-electron chi connectivity index (χ3n) is 6.56. The lowest BCUT2D eigenvalue weighted by Gasteiger charge is -2.37. The molecule has 0 N–H and O–H groups in total. The van der Waals surface area contributed by atoms with Gasteiger partial charge in [-0.2, -0.15) is 0 Å². The van der Waals surface area contributed by atoms with E-state index in [2.05, 4.69) is 54.1 Å². The Bertz CT molecular complexity index is 587. The van der Waals surface area contributed by atoms with Gasteiger partial charge in [0.2, 0.25) is 5.91 Å². The van der Waals surface area contributed by atoms with Crippen molar-refractivity contribution < 1.29 is 4.79 Å². The van der Waals surface area contributed by atoms with Crippen molar-refractivity contribution in [2.75, 3.05) is 20.1 Å². The Hall–Kier alpha value is -1.35. The third kappa shape index (κ3) is 2.88. The fourth-order valence-electron chi connectivity index (χ4n) is 5.01. The summed E-state index contributed by atoms with van der Waals surface area (Å²) in [5.74, 6) is 1.79. The summed E-state index contributed by atoms with van der Waals surface area (Å²) in [5, 5.41) is 0. The van der Waals surface area contributed by atoms with Crippen LogP contribution in [0.2, 0.25) is 0 Å². The van der Waals surface area contributed by atoms with E-state index in [9.17, 15) is 4.79 Å². The van der Waals surface area contributed by atoms with Crippen LogP contribution in [0.15, 0.2) is 30.3 Å². The molecule has 130 valence electrons. The minimum atomic E-state index is 0.302. The summed E-state index contributed by atoms with van der Waals surface area (Å²) in [7, 11) is 2.27. The van der Waals surface area contributed by atoms with Crippen LogP contribution in [-0.2, 0) is 4.79 Å². The molecule has 0 bridgehead atoms. The average molecular weight is 326 g/mol. The van der Waals surface area contributed by atoms with E-state index in [1.807, 2.05) is 0 Å². The van der Waals surface area contributed by atoms with Crippen molar-refractivity contribution in [1.29, 1.82) is 0 Å². The quantitative estimate of drug-likeness (QED) is 0.830. The second-order valence-corrected chi connectivity index (χ2v) is 8.22. The zero-order valence-electron chi connectivity index (χ0n) is 15.0. The minimum absolute atomic E-state index is 0.302. The molecule has 2 heterocycles. The highest BCUT2D eigenvalue weighted by molar-refractivity contribution is 5.82. The second-order valence-electron chi connectivity index (χ2n) is 8.22. The third-order valence-corrected chi connectivity index (χ3v) is 6.56. The number of nitrogens with zero attached hydrogens (tertiary/aromatic N) is 2. The molecular formula is C21H30N2O. The molecule has 1 amide bonds. The molecular weight excluding hydrogens is 296 g/mol. The zero-order chi connectivity index (χ0) is 16.7. The Labute approximate surface area is 146 Å². The minimum Gasteiger partial charge on any atom is -0.337 e. The SMILES string of the molecule is C[C@H]1C[C@@H]1C(=O)N1C[C@@H](c2ccccc2)[C@H]2[C@H]1CCCCCN2C. The van der Waals surface area contributed by atoms with Gasteiger partial charge in [-0.05, 0) is 44.3 Å². The van der Waals surface area contributed by atoms with Gasteiger partial charge in [-0.15, -0.1) is 0 Å². The van der Waals surface area contributed by atoms with Crippen molar-refractivity contribution >= 4 is 5.91 Å². The molecule has 3 aliphatic rings. The summed E-state index contributed by atoms with van der Waals surface area (Å²) in [5.41, 5.74) is 1.40. The summed E-state index contributed by atoms with van der Waals surface area (Å²) in [6.07, 6.45) is 6.12. The fourth-order valence-corrected chi connectivity index (χ4v) is 5.01. The number of carbonyl (C=O) groups excluding carboxylic acids is 1. The van der Waals surface area contributed by atoms with Crippen molar-refractivity contribution in [2.45, 2.75) is 57.0 Å². The van der Waals surface area contributed by atoms with Crippen LogP contribution in [0.4, 0.5) is 0 Å². The second kappa shape index (κ2) is 6.51. The highest BCUT2D eigenvalue weighted by atomic mass is 16.2. The molecule has 3 fully saturated rings. The maximum absolute atomic E-state index is 13.1. The van der Waals surface area contributed by atoms with Gasteiger partial charge in [-0.1, -0.05) is 50.1 Å². The van der Waals surface area contributed by atoms with E-state index in [0.29, 0.717) is 35.7 Å². The van der Waals surface area contributed by atoms with Gasteiger partial charge in [-0.3, -0.25) is 4.79 Å². The van der Waals surface area contributed by atoms with Crippen LogP contribution in [0, 0.1) is 11.8 Å². The van der Waals surface area contributed by atoms with E-state index in [1.165, 1.54) is 31.2 Å². The van der Waals surface area contributed by atoms with Crippen molar-refractivity contribution in [3.8, 4) is 0 Å². The average Bonchev–Trinajstić information content (AvgIpc) is 3.19. The van der Waals surface area contributed by atoms with Gasteiger partial charge in [-0.25, -0.2) is 0 Å². The molecule has 3 heteroatoms. The van der Waals surface area contributed by atoms with Gasteiger partial charge in [0.05, 0.1) is 0 Å². The Morgan fingerprint density at radius 2 is 1.88 bits per heavy atom. The Morgan fingerprint density at radius 3 is 2.58 bits per heavy atom. The molecule has 4 rings (SSSR count). The number of fused-ring (bicyclic) bond motifs is 1. The van der Waals surface area contributed by atoms with Crippen molar-refractivity contribution in [3.05, 3.63) is 35.9 Å². The highest BCUT2D eigenvalue weighted by Crippen LogP contribution is 2.44. The van der Waals surface area contributed by atoms with Crippen molar-refractivity contribution in [1.82, 2.24) is 9.80 Å². The number of hydrogen-bond donors (Lipinski definition) is 0. The van der Waals surface area contributed by atoms with Crippen LogP contribution in [0.25, 0.3) is 0 Å². The molecule has 1 aromatic carbocycles. The van der Waals surface area contributed by atoms with Gasteiger partial charge in [0.1, 0.15) is 0 Å². The maximum Gasteiger partial charge on any atom is 0.226 e. The normalized spacial score (nSPS) is 36.8. The van der Waals surface area contributed by atoms with E-state index in [-0.39, 0.29) is 0 Å². The topological polar surface area (TPSA) is 23.6 Å². The summed E-state index contributed by atoms with van der Waals surface area (Å²) in [6.45, 7) is 4.28. The monoisotopic (exact) mass is 326 g/mol. The molecule has 1 aromatic rings. The predicted molar refractivity (Wildman–Crippen MR) is 96.8 cm³/mol. The molecule has 1 saturated carbocycles. The number of likely N-dealkylation sites (tertiary alicyclic amines) is 2. The smallest absolute Gasteiger partial charge is 0.226 e. The Morgan fingerprint density at radius 1 is 1.12 bits per heavy atom. The van der Waals surface area contributed by atoms with Gasteiger partial charge < -0.3 is 9.80 Å². The van der Waals surface area contributed by atoms with Gasteiger partial charge in [0.25, 0.3) is 0 Å². The zero-order valence-corrected chi connectivity index (χ0v) is 15.0. The van der Waals surface area contributed by atoms with Crippen LogP contribution in [0.5, 0.6) is 0 Å². The standard InChI is InChI=1S/C21H30N2O/c1-15-13-17(15)21(24)23-14-18(16-9-5-3-6-10-16)20-19(23)11-7-4-8-12-22(20)2/h3,5-6,9-10,15,17-20H,4,7-8,11-14H2,1-2H3/t15-,17-,18-,19+,20-/m0/s1. The van der Waals surface area contributed by atoms with E-state index in [0.717, 1.165) is 19.5 Å². The number of amides is 1. The van der Waals surface area contributed by atoms with Crippen molar-refractivity contribution in [3.63, 3.8) is 0 Å². The van der Waals surface area contributed by atoms with Gasteiger partial charge >= 0.3 is 0 Å². The van der Waals surface area contributed by atoms with Gasteiger partial charge in [0, 0.05) is 30.5 Å². The summed E-state index contributed by atoms with van der Waals surface area (Å²) >= 11 is 0. The molecule has 2 saturated heterocycles. The molecule has 0 unspecified atom stereocenters. The molecule has 5 atom stereocenters. The van der Waals surface area contributed by atoms with Crippen LogP contribution < -0.4 is 0 Å². The van der Waals surface area contributed by atoms with E-state index < -0.39 is 0 Å². The van der Waals surface area contributed by atoms with E-state index in [1.54, 1.807) is 0 Å². The fraction of sp³-hybridized carbons (Fsp3) is 0.667. The Kier molecular flexibility index (Phi) is 4.38. The largest absolute Gasteiger partial charge is 0.337 e. The first kappa shape index (κ1) is 16.1. The molecule has 3 nitrogen and oxygen atoms in total. The van der Waals surface area contributed by atoms with Crippen LogP contribution in [0.1, 0.15) is 50.5 Å². The molecule has 1 aliphatic carbocycles. The highest BCUT2D eigenvalue weighted by Gasteiger charge is 2.50. The molecule has 0 aromatic heterocycles. The van der Waals surface area contributed by atoms with Crippen LogP contribution in [-0.4, -0.2) is 47.9 Å². The lowest BCUT2D eigenvalue weighted by Crippen LogP contribution is -2.48. The van der Waals surface area contributed by atoms with Crippen molar-refractivity contribution in [2.24, 2.45) is 11.8 Å². The maximum atomic E-state index is 13.1. The summed E-state index contributed by atoms with van der Waals surface area (Å²) in [4.78, 5) is 17.9. The number of hydrogen-bond acceptors (Lipinski definition) is 2. The number of carbonyl (C=O) groups is 1. The molecule has 0 radical (unpaired) electrons. The summed E-state index contributed by atoms with van der Waals surface area (Å²) < 4.78 is 0.